The van der Waals surface area contributed by atoms with Crippen molar-refractivity contribution in [1.82, 2.24) is 0 Å². The summed E-state index contributed by atoms with van der Waals surface area (Å²) >= 11 is 0. The number of aldehydes is 1. The van der Waals surface area contributed by atoms with E-state index in [9.17, 15) is 4.79 Å². The number of rotatable bonds is 6. The number of carbonyl (C=O) groups excluding carboxylic acids is 1. The molecule has 0 radical (unpaired) electrons. The Balaban J connectivity index is 2.43. The molecule has 1 nitrogen and oxygen atoms in total. The molecule has 0 fully saturated rings. The lowest BCUT2D eigenvalue weighted by Crippen LogP contribution is -1.78. The first-order valence-electron chi connectivity index (χ1n) is 5.75. The number of hydrogen-bond acceptors (Lipinski definition) is 1. The Labute approximate surface area is 97.5 Å². The number of benzene rings is 1. The van der Waals surface area contributed by atoms with Gasteiger partial charge in [-0.2, -0.15) is 0 Å². The minimum Gasteiger partial charge on any atom is -0.298 e. The molecule has 84 valence electrons. The Morgan fingerprint density at radius 3 is 2.38 bits per heavy atom. The third-order valence-corrected chi connectivity index (χ3v) is 2.33. The zero-order valence-electron chi connectivity index (χ0n) is 9.73. The fourth-order valence-corrected chi connectivity index (χ4v) is 1.35. The van der Waals surface area contributed by atoms with Crippen molar-refractivity contribution in [1.29, 1.82) is 0 Å². The predicted octanol–water partition coefficient (Wildman–Crippen LogP) is 4.26. The summed E-state index contributed by atoms with van der Waals surface area (Å²) < 4.78 is 0. The van der Waals surface area contributed by atoms with Crippen molar-refractivity contribution < 1.29 is 4.79 Å². The lowest BCUT2D eigenvalue weighted by Gasteiger charge is -1.92. The summed E-state index contributed by atoms with van der Waals surface area (Å²) in [7, 11) is 0. The Morgan fingerprint density at radius 1 is 1.06 bits per heavy atom. The van der Waals surface area contributed by atoms with Crippen molar-refractivity contribution in [2.45, 2.75) is 26.2 Å². The number of carbonyl (C=O) groups is 1. The Morgan fingerprint density at radius 2 is 1.75 bits per heavy atom. The molecule has 0 saturated heterocycles. The van der Waals surface area contributed by atoms with Gasteiger partial charge in [-0.05, 0) is 12.0 Å². The van der Waals surface area contributed by atoms with Crippen LogP contribution in [-0.2, 0) is 0 Å². The lowest BCUT2D eigenvalue weighted by atomic mass is 10.1. The van der Waals surface area contributed by atoms with Gasteiger partial charge in [0.25, 0.3) is 0 Å². The van der Waals surface area contributed by atoms with Crippen molar-refractivity contribution in [3.63, 3.8) is 0 Å². The maximum atomic E-state index is 10.4. The van der Waals surface area contributed by atoms with Crippen molar-refractivity contribution in [2.75, 3.05) is 0 Å². The maximum absolute atomic E-state index is 10.4. The quantitative estimate of drug-likeness (QED) is 0.393. The van der Waals surface area contributed by atoms with Gasteiger partial charge in [0.15, 0.2) is 0 Å². The smallest absolute Gasteiger partial charge is 0.150 e. The van der Waals surface area contributed by atoms with Crippen LogP contribution in [0.15, 0.2) is 42.5 Å². The van der Waals surface area contributed by atoms with E-state index in [-0.39, 0.29) is 0 Å². The molecule has 1 rings (SSSR count). The fraction of sp³-hybridized carbons (Fsp3) is 0.267. The van der Waals surface area contributed by atoms with Crippen LogP contribution in [-0.4, -0.2) is 6.29 Å². The highest BCUT2D eigenvalue weighted by Crippen LogP contribution is 2.04. The molecule has 1 aromatic rings. The molecule has 1 aromatic carbocycles. The molecule has 0 atom stereocenters. The van der Waals surface area contributed by atoms with Crippen molar-refractivity contribution in [2.24, 2.45) is 0 Å². The van der Waals surface area contributed by atoms with Crippen LogP contribution < -0.4 is 0 Å². The molecule has 0 aromatic heterocycles. The van der Waals surface area contributed by atoms with Crippen LogP contribution in [0, 0.1) is 0 Å². The predicted molar refractivity (Wildman–Crippen MR) is 69.5 cm³/mol. The number of allylic oxidation sites excluding steroid dienone is 3. The fourth-order valence-electron chi connectivity index (χ4n) is 1.35. The molecule has 0 saturated carbocycles. The van der Waals surface area contributed by atoms with Gasteiger partial charge in [0, 0.05) is 5.56 Å². The van der Waals surface area contributed by atoms with Gasteiger partial charge in [-0.3, -0.25) is 4.79 Å². The van der Waals surface area contributed by atoms with Crippen LogP contribution in [0.5, 0.6) is 0 Å². The van der Waals surface area contributed by atoms with E-state index in [0.29, 0.717) is 0 Å². The van der Waals surface area contributed by atoms with E-state index in [4.69, 9.17) is 0 Å². The SMILES string of the molecule is CCCC/C=C/C=C/c1ccc(C=O)cc1. The van der Waals surface area contributed by atoms with E-state index in [1.807, 2.05) is 36.4 Å². The molecule has 16 heavy (non-hydrogen) atoms. The normalized spacial score (nSPS) is 11.3. The van der Waals surface area contributed by atoms with Gasteiger partial charge < -0.3 is 0 Å². The highest BCUT2D eigenvalue weighted by Gasteiger charge is 1.88. The third kappa shape index (κ3) is 4.74. The first-order chi connectivity index (χ1) is 7.86. The second-order valence-electron chi connectivity index (χ2n) is 3.71. The topological polar surface area (TPSA) is 17.1 Å². The molecule has 0 aliphatic rings. The molecule has 0 unspecified atom stereocenters. The van der Waals surface area contributed by atoms with Crippen LogP contribution in [0.3, 0.4) is 0 Å². The van der Waals surface area contributed by atoms with E-state index in [0.717, 1.165) is 23.8 Å². The van der Waals surface area contributed by atoms with Gasteiger partial charge in [0.2, 0.25) is 0 Å². The van der Waals surface area contributed by atoms with Crippen LogP contribution in [0.4, 0.5) is 0 Å². The Hall–Kier alpha value is -1.63. The molecular formula is C15H18O. The van der Waals surface area contributed by atoms with E-state index in [1.165, 1.54) is 12.8 Å². The number of hydrogen-bond donors (Lipinski definition) is 0. The summed E-state index contributed by atoms with van der Waals surface area (Å²) in [6.45, 7) is 2.19. The lowest BCUT2D eigenvalue weighted by molar-refractivity contribution is 0.112. The molecule has 1 heteroatoms. The molecule has 0 bridgehead atoms. The van der Waals surface area contributed by atoms with Crippen molar-refractivity contribution in [3.8, 4) is 0 Å². The maximum Gasteiger partial charge on any atom is 0.150 e. The summed E-state index contributed by atoms with van der Waals surface area (Å²) in [4.78, 5) is 10.4. The summed E-state index contributed by atoms with van der Waals surface area (Å²) in [5.74, 6) is 0. The van der Waals surface area contributed by atoms with Gasteiger partial charge in [-0.1, -0.05) is 68.3 Å². The first kappa shape index (κ1) is 12.4. The molecule has 0 spiro atoms. The summed E-state index contributed by atoms with van der Waals surface area (Å²) in [5.41, 5.74) is 1.83. The van der Waals surface area contributed by atoms with Gasteiger partial charge >= 0.3 is 0 Å². The van der Waals surface area contributed by atoms with Crippen LogP contribution in [0.25, 0.3) is 6.08 Å². The first-order valence-corrected chi connectivity index (χ1v) is 5.75. The summed E-state index contributed by atoms with van der Waals surface area (Å²) in [5, 5.41) is 0. The summed E-state index contributed by atoms with van der Waals surface area (Å²) in [6.07, 6.45) is 12.8. The Bertz CT molecular complexity index is 358. The zero-order chi connectivity index (χ0) is 11.6. The average Bonchev–Trinajstić information content (AvgIpc) is 2.34. The molecular weight excluding hydrogens is 196 g/mol. The second kappa shape index (κ2) is 7.63. The van der Waals surface area contributed by atoms with Crippen LogP contribution >= 0.6 is 0 Å². The largest absolute Gasteiger partial charge is 0.298 e. The molecule has 0 N–H and O–H groups in total. The highest BCUT2D eigenvalue weighted by molar-refractivity contribution is 5.75. The highest BCUT2D eigenvalue weighted by atomic mass is 16.1. The second-order valence-corrected chi connectivity index (χ2v) is 3.71. The standard InChI is InChI=1S/C15H18O/c1-2-3-4-5-6-7-8-14-9-11-15(13-16)12-10-14/h5-13H,2-4H2,1H3/b6-5+,8-7+. The molecule has 0 aliphatic heterocycles. The minimum absolute atomic E-state index is 0.718. The van der Waals surface area contributed by atoms with E-state index >= 15 is 0 Å². The molecule has 0 aliphatic carbocycles. The van der Waals surface area contributed by atoms with E-state index < -0.39 is 0 Å². The monoisotopic (exact) mass is 214 g/mol. The summed E-state index contributed by atoms with van der Waals surface area (Å²) in [6, 6.07) is 7.54. The van der Waals surface area contributed by atoms with Crippen LogP contribution in [0.2, 0.25) is 0 Å². The van der Waals surface area contributed by atoms with Gasteiger partial charge in [-0.25, -0.2) is 0 Å². The average molecular weight is 214 g/mol. The van der Waals surface area contributed by atoms with E-state index in [2.05, 4.69) is 19.1 Å². The molecule has 0 heterocycles. The van der Waals surface area contributed by atoms with Gasteiger partial charge in [-0.15, -0.1) is 0 Å². The zero-order valence-corrected chi connectivity index (χ0v) is 9.73. The van der Waals surface area contributed by atoms with E-state index in [1.54, 1.807) is 0 Å². The Kier molecular flexibility index (Phi) is 5.94. The van der Waals surface area contributed by atoms with Gasteiger partial charge in [0.05, 0.1) is 0 Å². The number of unbranched alkanes of at least 4 members (excludes halogenated alkanes) is 2. The minimum atomic E-state index is 0.718. The van der Waals surface area contributed by atoms with Crippen molar-refractivity contribution >= 4 is 12.4 Å². The van der Waals surface area contributed by atoms with Crippen molar-refractivity contribution in [3.05, 3.63) is 53.6 Å². The third-order valence-electron chi connectivity index (χ3n) is 2.33. The molecule has 0 amide bonds. The van der Waals surface area contributed by atoms with Gasteiger partial charge in [0.1, 0.15) is 6.29 Å². The van der Waals surface area contributed by atoms with Crippen LogP contribution in [0.1, 0.15) is 42.1 Å².